The van der Waals surface area contributed by atoms with Crippen LogP contribution in [-0.4, -0.2) is 0 Å². The summed E-state index contributed by atoms with van der Waals surface area (Å²) in [6.07, 6.45) is 0. The Hall–Kier alpha value is -7.98. The Labute approximate surface area is 376 Å². The van der Waals surface area contributed by atoms with Crippen molar-refractivity contribution in [1.29, 1.82) is 0 Å². The first-order chi connectivity index (χ1) is 31.8. The minimum absolute atomic E-state index is 0.543. The van der Waals surface area contributed by atoms with E-state index >= 15 is 0 Å². The average molecular weight is 834 g/mol. The van der Waals surface area contributed by atoms with Gasteiger partial charge in [0.2, 0.25) is 0 Å². The summed E-state index contributed by atoms with van der Waals surface area (Å²) in [4.78, 5) is 2.49. The number of anilines is 3. The van der Waals surface area contributed by atoms with E-state index in [9.17, 15) is 0 Å². The Morgan fingerprint density at radius 3 is 1.58 bits per heavy atom. The molecule has 2 nitrogen and oxygen atoms in total. The number of benzene rings is 10. The minimum Gasteiger partial charge on any atom is -0.457 e. The van der Waals surface area contributed by atoms with Gasteiger partial charge in [-0.25, -0.2) is 0 Å². The molecule has 64 heavy (non-hydrogen) atoms. The van der Waals surface area contributed by atoms with Crippen LogP contribution in [0.5, 0.6) is 11.5 Å². The maximum absolute atomic E-state index is 6.65. The number of hydrogen-bond acceptors (Lipinski definition) is 3. The molecular formula is C61H39NOS. The van der Waals surface area contributed by atoms with Crippen molar-refractivity contribution >= 4 is 48.6 Å². The molecule has 1 spiro atoms. The Kier molecular flexibility index (Phi) is 8.34. The number of rotatable bonds is 6. The molecule has 1 aliphatic carbocycles. The third-order valence-electron chi connectivity index (χ3n) is 13.4. The van der Waals surface area contributed by atoms with Crippen molar-refractivity contribution in [3.63, 3.8) is 0 Å². The molecule has 0 atom stereocenters. The molecule has 1 aliphatic heterocycles. The zero-order chi connectivity index (χ0) is 42.2. The molecule has 0 fully saturated rings. The number of hydrogen-bond donors (Lipinski definition) is 0. The van der Waals surface area contributed by atoms with Gasteiger partial charge in [0, 0.05) is 48.2 Å². The second-order valence-corrected chi connectivity index (χ2v) is 17.8. The highest BCUT2D eigenvalue weighted by atomic mass is 32.1. The predicted octanol–water partition coefficient (Wildman–Crippen LogP) is 17.0. The molecule has 13 rings (SSSR count). The van der Waals surface area contributed by atoms with Crippen LogP contribution in [0.3, 0.4) is 0 Å². The monoisotopic (exact) mass is 833 g/mol. The van der Waals surface area contributed by atoms with E-state index in [1.54, 1.807) is 0 Å². The van der Waals surface area contributed by atoms with Gasteiger partial charge in [-0.2, -0.15) is 0 Å². The normalized spacial score (nSPS) is 12.9. The Morgan fingerprint density at radius 1 is 0.328 bits per heavy atom. The van der Waals surface area contributed by atoms with Gasteiger partial charge in [-0.05, 0) is 105 Å². The van der Waals surface area contributed by atoms with E-state index < -0.39 is 5.41 Å². The molecule has 3 heteroatoms. The molecule has 0 amide bonds. The molecule has 2 aliphatic rings. The van der Waals surface area contributed by atoms with Crippen LogP contribution in [0.15, 0.2) is 237 Å². The lowest BCUT2D eigenvalue weighted by Crippen LogP contribution is -2.32. The van der Waals surface area contributed by atoms with Gasteiger partial charge in [-0.1, -0.05) is 182 Å². The third-order valence-corrected chi connectivity index (χ3v) is 14.5. The van der Waals surface area contributed by atoms with Crippen molar-refractivity contribution in [2.45, 2.75) is 5.41 Å². The van der Waals surface area contributed by atoms with Crippen LogP contribution in [0.4, 0.5) is 17.1 Å². The molecule has 0 N–H and O–H groups in total. The van der Waals surface area contributed by atoms with Gasteiger partial charge in [0.05, 0.1) is 11.1 Å². The van der Waals surface area contributed by atoms with E-state index in [1.165, 1.54) is 70.2 Å². The molecule has 0 saturated carbocycles. The van der Waals surface area contributed by atoms with E-state index in [0.717, 1.165) is 45.3 Å². The molecule has 0 saturated heterocycles. The zero-order valence-electron chi connectivity index (χ0n) is 34.8. The fraction of sp³-hybridized carbons (Fsp3) is 0.0164. The Bertz CT molecular complexity index is 3580. The number of ether oxygens (including phenoxy) is 1. The van der Waals surface area contributed by atoms with Crippen molar-refractivity contribution in [3.8, 4) is 56.0 Å². The van der Waals surface area contributed by atoms with Gasteiger partial charge in [0.15, 0.2) is 0 Å². The SMILES string of the molecule is c1ccc(-c2ccccc2-c2ccccc2-c2ccccc2N(c2ccc3c(c2)-c2ccccc2C32c3ccccc3Oc3ccccc32)c2ccc3sc4ccccc4c3c2)cc1. The number of para-hydroxylation sites is 3. The van der Waals surface area contributed by atoms with E-state index in [4.69, 9.17) is 4.74 Å². The summed E-state index contributed by atoms with van der Waals surface area (Å²) < 4.78 is 9.23. The minimum atomic E-state index is -0.543. The summed E-state index contributed by atoms with van der Waals surface area (Å²) in [5.41, 5.74) is 17.2. The smallest absolute Gasteiger partial charge is 0.132 e. The van der Waals surface area contributed by atoms with Crippen molar-refractivity contribution in [2.24, 2.45) is 0 Å². The molecule has 0 radical (unpaired) electrons. The molecule has 2 heterocycles. The first-order valence-corrected chi connectivity index (χ1v) is 22.7. The molecule has 1 aromatic heterocycles. The second kappa shape index (κ2) is 14.6. The Balaban J connectivity index is 1.07. The molecule has 10 aromatic carbocycles. The number of thiophene rings is 1. The van der Waals surface area contributed by atoms with Gasteiger partial charge in [0.25, 0.3) is 0 Å². The van der Waals surface area contributed by atoms with Crippen molar-refractivity contribution in [1.82, 2.24) is 0 Å². The lowest BCUT2D eigenvalue weighted by atomic mass is 9.66. The van der Waals surface area contributed by atoms with Crippen LogP contribution in [0.2, 0.25) is 0 Å². The topological polar surface area (TPSA) is 12.5 Å². The van der Waals surface area contributed by atoms with Crippen molar-refractivity contribution in [3.05, 3.63) is 259 Å². The Morgan fingerprint density at radius 2 is 0.828 bits per heavy atom. The van der Waals surface area contributed by atoms with Crippen LogP contribution in [-0.2, 0) is 5.41 Å². The second-order valence-electron chi connectivity index (χ2n) is 16.7. The summed E-state index contributed by atoms with van der Waals surface area (Å²) in [5, 5.41) is 2.54. The van der Waals surface area contributed by atoms with Crippen LogP contribution >= 0.6 is 11.3 Å². The maximum atomic E-state index is 6.65. The molecular weight excluding hydrogens is 795 g/mol. The predicted molar refractivity (Wildman–Crippen MR) is 268 cm³/mol. The summed E-state index contributed by atoms with van der Waals surface area (Å²) in [6, 6.07) is 86.5. The summed E-state index contributed by atoms with van der Waals surface area (Å²) in [7, 11) is 0. The number of nitrogens with zero attached hydrogens (tertiary/aromatic N) is 1. The first kappa shape index (κ1) is 36.7. The van der Waals surface area contributed by atoms with Crippen LogP contribution in [0.25, 0.3) is 64.7 Å². The van der Waals surface area contributed by atoms with E-state index in [0.29, 0.717) is 0 Å². The van der Waals surface area contributed by atoms with Crippen LogP contribution in [0, 0.1) is 0 Å². The van der Waals surface area contributed by atoms with Crippen molar-refractivity contribution < 1.29 is 4.74 Å². The highest BCUT2D eigenvalue weighted by molar-refractivity contribution is 7.25. The van der Waals surface area contributed by atoms with Gasteiger partial charge in [0.1, 0.15) is 11.5 Å². The lowest BCUT2D eigenvalue weighted by Gasteiger charge is -2.39. The maximum Gasteiger partial charge on any atom is 0.132 e. The fourth-order valence-corrected chi connectivity index (χ4v) is 11.8. The van der Waals surface area contributed by atoms with Crippen LogP contribution < -0.4 is 9.64 Å². The number of fused-ring (bicyclic) bond motifs is 12. The standard InChI is InChI=1S/C61H39NOS/c1-2-18-40(19-3-1)43-20-4-5-21-44(43)45-22-6-7-23-46(45)48-25-9-14-30-56(48)62(42-35-37-60-51(39-42)49-26-10-17-33-59(49)64-60)41-34-36-53-50(38-41)47-24-8-11-27-52(47)61(53)54-28-12-15-31-57(54)63-58-32-16-13-29-55(58)61/h1-39H. The highest BCUT2D eigenvalue weighted by Gasteiger charge is 2.51. The van der Waals surface area contributed by atoms with E-state index in [1.807, 2.05) is 11.3 Å². The van der Waals surface area contributed by atoms with Crippen molar-refractivity contribution in [2.75, 3.05) is 4.90 Å². The summed E-state index contributed by atoms with van der Waals surface area (Å²) >= 11 is 1.85. The molecule has 0 bridgehead atoms. The molecule has 11 aromatic rings. The van der Waals surface area contributed by atoms with E-state index in [-0.39, 0.29) is 0 Å². The first-order valence-electron chi connectivity index (χ1n) is 21.9. The van der Waals surface area contributed by atoms with Crippen LogP contribution in [0.1, 0.15) is 22.3 Å². The molecule has 300 valence electrons. The summed E-state index contributed by atoms with van der Waals surface area (Å²) in [5.74, 6) is 1.79. The van der Waals surface area contributed by atoms with Gasteiger partial charge < -0.3 is 9.64 Å². The van der Waals surface area contributed by atoms with Gasteiger partial charge >= 0.3 is 0 Å². The third kappa shape index (κ3) is 5.44. The average Bonchev–Trinajstić information content (AvgIpc) is 3.88. The fourth-order valence-electron chi connectivity index (χ4n) is 10.7. The molecule has 0 unspecified atom stereocenters. The zero-order valence-corrected chi connectivity index (χ0v) is 35.6. The van der Waals surface area contributed by atoms with E-state index in [2.05, 4.69) is 241 Å². The largest absolute Gasteiger partial charge is 0.457 e. The lowest BCUT2D eigenvalue weighted by molar-refractivity contribution is 0.436. The highest BCUT2D eigenvalue weighted by Crippen LogP contribution is 2.62. The van der Waals surface area contributed by atoms with Gasteiger partial charge in [-0.15, -0.1) is 11.3 Å². The summed E-state index contributed by atoms with van der Waals surface area (Å²) in [6.45, 7) is 0. The van der Waals surface area contributed by atoms with Gasteiger partial charge in [-0.3, -0.25) is 0 Å². The quantitative estimate of drug-likeness (QED) is 0.165.